The van der Waals surface area contributed by atoms with Crippen LogP contribution < -0.4 is 15.7 Å². The fourth-order valence-corrected chi connectivity index (χ4v) is 3.43. The first kappa shape index (κ1) is 31.4. The number of carbonyl (C=O) groups is 3. The van der Waals surface area contributed by atoms with Gasteiger partial charge in [-0.2, -0.15) is 0 Å². The number of amides is 2. The van der Waals surface area contributed by atoms with Gasteiger partial charge in [0.05, 0.1) is 40.2 Å². The van der Waals surface area contributed by atoms with Crippen molar-refractivity contribution in [3.8, 4) is 0 Å². The van der Waals surface area contributed by atoms with E-state index in [1.54, 1.807) is 0 Å². The van der Waals surface area contributed by atoms with Gasteiger partial charge in [0.1, 0.15) is 0 Å². The summed E-state index contributed by atoms with van der Waals surface area (Å²) in [7, 11) is 5.93. The predicted octanol–water partition coefficient (Wildman–Crippen LogP) is 1.80. The molecule has 1 aromatic rings. The highest BCUT2D eigenvalue weighted by Crippen LogP contribution is 2.05. The number of benzene rings is 1. The molecule has 0 unspecified atom stereocenters. The Balaban J connectivity index is 0.00000343. The van der Waals surface area contributed by atoms with Gasteiger partial charge in [0.15, 0.2) is 0 Å². The SMILES string of the molecule is C[N+](C)(C)C[C@@H](CC(=O)O)NC(=O)NCCCCCCOCCCCc1ccccc1.O=C[O-]. The maximum atomic E-state index is 12.0. The number of aryl methyl sites for hydroxylation is 1. The number of quaternary nitrogens is 1. The van der Waals surface area contributed by atoms with Crippen LogP contribution in [0.15, 0.2) is 30.3 Å². The van der Waals surface area contributed by atoms with E-state index in [0.29, 0.717) is 17.6 Å². The minimum Gasteiger partial charge on any atom is -0.554 e. The molecule has 0 saturated heterocycles. The molecule has 1 atom stereocenters. The average molecular weight is 482 g/mol. The number of nitrogens with zero attached hydrogens (tertiary/aromatic N) is 1. The molecule has 0 aliphatic carbocycles. The van der Waals surface area contributed by atoms with Gasteiger partial charge in [0, 0.05) is 26.2 Å². The number of carboxylic acid groups (broad SMARTS) is 2. The second-order valence-electron chi connectivity index (χ2n) is 9.23. The van der Waals surface area contributed by atoms with Crippen molar-refractivity contribution in [1.29, 1.82) is 0 Å². The smallest absolute Gasteiger partial charge is 0.315 e. The van der Waals surface area contributed by atoms with E-state index in [1.807, 2.05) is 27.2 Å². The van der Waals surface area contributed by atoms with Crippen LogP contribution in [-0.4, -0.2) is 81.6 Å². The van der Waals surface area contributed by atoms with Crippen molar-refractivity contribution < 1.29 is 33.8 Å². The molecule has 194 valence electrons. The molecule has 1 aromatic carbocycles. The number of hydrogen-bond donors (Lipinski definition) is 3. The highest BCUT2D eigenvalue weighted by Gasteiger charge is 2.22. The Morgan fingerprint density at radius 2 is 1.62 bits per heavy atom. The minimum absolute atomic E-state index is 0.0742. The van der Waals surface area contributed by atoms with Gasteiger partial charge in [0.2, 0.25) is 0 Å². The Morgan fingerprint density at radius 3 is 2.21 bits per heavy atom. The fourth-order valence-electron chi connectivity index (χ4n) is 3.43. The van der Waals surface area contributed by atoms with E-state index in [2.05, 4.69) is 34.9 Å². The molecule has 0 radical (unpaired) electrons. The first-order chi connectivity index (χ1) is 16.2. The first-order valence-electron chi connectivity index (χ1n) is 11.9. The topological polar surface area (TPSA) is 128 Å². The molecule has 0 aliphatic heterocycles. The molecule has 0 heterocycles. The fraction of sp³-hybridized carbons (Fsp3) is 0.640. The number of likely N-dealkylation sites (N-methyl/N-ethyl adjacent to an activating group) is 1. The van der Waals surface area contributed by atoms with E-state index >= 15 is 0 Å². The van der Waals surface area contributed by atoms with E-state index < -0.39 is 12.4 Å². The summed E-state index contributed by atoms with van der Waals surface area (Å²) in [6.07, 6.45) is 7.33. The van der Waals surface area contributed by atoms with Crippen LogP contribution in [0.5, 0.6) is 0 Å². The van der Waals surface area contributed by atoms with Gasteiger partial charge in [-0.25, -0.2) is 4.79 Å². The molecule has 2 amide bonds. The lowest BCUT2D eigenvalue weighted by atomic mass is 10.1. The summed E-state index contributed by atoms with van der Waals surface area (Å²) < 4.78 is 6.29. The van der Waals surface area contributed by atoms with Crippen molar-refractivity contribution in [1.82, 2.24) is 10.6 Å². The maximum Gasteiger partial charge on any atom is 0.315 e. The van der Waals surface area contributed by atoms with Gasteiger partial charge in [-0.3, -0.25) is 4.79 Å². The third-order valence-corrected chi connectivity index (χ3v) is 4.87. The van der Waals surface area contributed by atoms with Crippen LogP contribution in [-0.2, 0) is 20.7 Å². The lowest BCUT2D eigenvalue weighted by Crippen LogP contribution is -2.52. The number of carbonyl (C=O) groups excluding carboxylic acids is 2. The molecule has 0 aliphatic rings. The summed E-state index contributed by atoms with van der Waals surface area (Å²) in [6.45, 7) is 2.27. The molecule has 0 fully saturated rings. The first-order valence-corrected chi connectivity index (χ1v) is 11.9. The summed E-state index contributed by atoms with van der Waals surface area (Å²) in [5.74, 6) is -0.905. The van der Waals surface area contributed by atoms with E-state index in [-0.39, 0.29) is 18.5 Å². The number of carboxylic acids is 1. The predicted molar refractivity (Wildman–Crippen MR) is 130 cm³/mol. The Hall–Kier alpha value is -2.65. The van der Waals surface area contributed by atoms with Gasteiger partial charge >= 0.3 is 12.0 Å². The lowest BCUT2D eigenvalue weighted by Gasteiger charge is -2.29. The van der Waals surface area contributed by atoms with E-state index in [0.717, 1.165) is 58.2 Å². The Bertz CT molecular complexity index is 664. The summed E-state index contributed by atoms with van der Waals surface area (Å²) >= 11 is 0. The van der Waals surface area contributed by atoms with Crippen LogP contribution in [0.2, 0.25) is 0 Å². The van der Waals surface area contributed by atoms with Gasteiger partial charge in [-0.15, -0.1) is 0 Å². The molecule has 34 heavy (non-hydrogen) atoms. The number of hydrogen-bond acceptors (Lipinski definition) is 5. The minimum atomic E-state index is -0.905. The largest absolute Gasteiger partial charge is 0.554 e. The monoisotopic (exact) mass is 481 g/mol. The van der Waals surface area contributed by atoms with E-state index in [4.69, 9.17) is 19.7 Å². The second-order valence-corrected chi connectivity index (χ2v) is 9.23. The van der Waals surface area contributed by atoms with Gasteiger partial charge in [-0.05, 0) is 37.7 Å². The molecule has 1 rings (SSSR count). The third-order valence-electron chi connectivity index (χ3n) is 4.87. The number of nitrogens with one attached hydrogen (secondary N) is 2. The average Bonchev–Trinajstić information content (AvgIpc) is 2.74. The molecule has 0 aromatic heterocycles. The maximum absolute atomic E-state index is 12.0. The van der Waals surface area contributed by atoms with Crippen molar-refractivity contribution in [2.24, 2.45) is 0 Å². The summed E-state index contributed by atoms with van der Waals surface area (Å²) in [4.78, 5) is 31.3. The normalized spacial score (nSPS) is 11.6. The van der Waals surface area contributed by atoms with Crippen molar-refractivity contribution in [3.05, 3.63) is 35.9 Å². The van der Waals surface area contributed by atoms with Crippen LogP contribution >= 0.6 is 0 Å². The zero-order valence-corrected chi connectivity index (χ0v) is 21.0. The van der Waals surface area contributed by atoms with Crippen LogP contribution in [0.3, 0.4) is 0 Å². The molecular weight excluding hydrogens is 438 g/mol. The molecule has 3 N–H and O–H groups in total. The third kappa shape index (κ3) is 21.2. The van der Waals surface area contributed by atoms with Crippen LogP contribution in [0.4, 0.5) is 4.79 Å². The van der Waals surface area contributed by atoms with Crippen molar-refractivity contribution in [2.45, 2.75) is 57.4 Å². The Morgan fingerprint density at radius 1 is 1.03 bits per heavy atom. The highest BCUT2D eigenvalue weighted by molar-refractivity contribution is 5.75. The zero-order chi connectivity index (χ0) is 25.7. The Kier molecular flexibility index (Phi) is 18.2. The standard InChI is InChI=1S/C24H41N3O4.CH2O2/c1-27(2,3)20-22(19-23(28)29)26-24(30)25-16-10-4-5-11-17-31-18-12-9-15-21-13-7-6-8-14-21;2-1-3/h6-8,13-14,22H,4-5,9-12,15-20H2,1-3H3,(H2-,25,26,28,29,30);1H,(H,2,3)/t22-;/m1./s1. The zero-order valence-electron chi connectivity index (χ0n) is 21.0. The molecule has 0 bridgehead atoms. The van der Waals surface area contributed by atoms with Gasteiger partial charge in [0.25, 0.3) is 0 Å². The summed E-state index contributed by atoms with van der Waals surface area (Å²) in [5, 5.41) is 22.9. The van der Waals surface area contributed by atoms with Crippen LogP contribution in [0.1, 0.15) is 50.5 Å². The summed E-state index contributed by atoms with van der Waals surface area (Å²) in [6, 6.07) is 9.86. The number of rotatable bonds is 17. The van der Waals surface area contributed by atoms with E-state index in [9.17, 15) is 9.59 Å². The van der Waals surface area contributed by atoms with E-state index in [1.165, 1.54) is 5.56 Å². The molecule has 0 saturated carbocycles. The Labute approximate surface area is 204 Å². The van der Waals surface area contributed by atoms with Crippen LogP contribution in [0.25, 0.3) is 0 Å². The second kappa shape index (κ2) is 19.8. The number of ether oxygens (including phenoxy) is 1. The van der Waals surface area contributed by atoms with Gasteiger partial charge < -0.3 is 34.9 Å². The lowest BCUT2D eigenvalue weighted by molar-refractivity contribution is -0.871. The van der Waals surface area contributed by atoms with Crippen molar-refractivity contribution in [2.75, 3.05) is 47.4 Å². The van der Waals surface area contributed by atoms with Crippen LogP contribution in [0, 0.1) is 0 Å². The van der Waals surface area contributed by atoms with Crippen molar-refractivity contribution in [3.63, 3.8) is 0 Å². The quantitative estimate of drug-likeness (QED) is 0.177. The number of urea groups is 1. The molecule has 9 nitrogen and oxygen atoms in total. The number of unbranched alkanes of at least 4 members (excludes halogenated alkanes) is 4. The summed E-state index contributed by atoms with van der Waals surface area (Å²) in [5.41, 5.74) is 1.38. The highest BCUT2D eigenvalue weighted by atomic mass is 16.5. The molecular formula is C25H43N3O6. The molecule has 9 heteroatoms. The number of aliphatic carboxylic acids is 1. The molecule has 0 spiro atoms. The van der Waals surface area contributed by atoms with Gasteiger partial charge in [-0.1, -0.05) is 43.2 Å². The van der Waals surface area contributed by atoms with Crippen molar-refractivity contribution >= 4 is 18.5 Å².